The predicted molar refractivity (Wildman–Crippen MR) is 86.8 cm³/mol. The molecule has 6 nitrogen and oxygen atoms in total. The highest BCUT2D eigenvalue weighted by atomic mass is 16.5. The zero-order chi connectivity index (χ0) is 17.3. The fourth-order valence-electron chi connectivity index (χ4n) is 2.52. The Balaban J connectivity index is 1.91. The number of rotatable bonds is 5. The number of imide groups is 1. The SMILES string of the molecule is CCCOc1ccc(N2C(=O)c3ccc(C(=O)O)cc3C2=O)cc1. The van der Waals surface area contributed by atoms with Crippen LogP contribution in [0.25, 0.3) is 0 Å². The van der Waals surface area contributed by atoms with Gasteiger partial charge < -0.3 is 9.84 Å². The molecule has 1 aliphatic rings. The van der Waals surface area contributed by atoms with Crippen molar-refractivity contribution in [3.8, 4) is 5.75 Å². The maximum atomic E-state index is 12.5. The smallest absolute Gasteiger partial charge is 0.335 e. The van der Waals surface area contributed by atoms with Gasteiger partial charge in [0.15, 0.2) is 0 Å². The Hall–Kier alpha value is -3.15. The Morgan fingerprint density at radius 2 is 1.71 bits per heavy atom. The molecule has 24 heavy (non-hydrogen) atoms. The van der Waals surface area contributed by atoms with Crippen LogP contribution in [0.3, 0.4) is 0 Å². The normalized spacial score (nSPS) is 13.1. The third-order valence-electron chi connectivity index (χ3n) is 3.70. The molecule has 0 radical (unpaired) electrons. The van der Waals surface area contributed by atoms with E-state index >= 15 is 0 Å². The van der Waals surface area contributed by atoms with Crippen LogP contribution in [0.4, 0.5) is 5.69 Å². The Kier molecular flexibility index (Phi) is 4.04. The van der Waals surface area contributed by atoms with Crippen molar-refractivity contribution in [1.29, 1.82) is 0 Å². The second-order valence-corrected chi connectivity index (χ2v) is 5.35. The van der Waals surface area contributed by atoms with Crippen molar-refractivity contribution in [2.24, 2.45) is 0 Å². The highest BCUT2D eigenvalue weighted by Gasteiger charge is 2.37. The molecule has 0 atom stereocenters. The summed E-state index contributed by atoms with van der Waals surface area (Å²) in [6.45, 7) is 2.59. The number of aromatic carboxylic acids is 1. The lowest BCUT2D eigenvalue weighted by Gasteiger charge is -2.14. The summed E-state index contributed by atoms with van der Waals surface area (Å²) in [4.78, 5) is 37.1. The first kappa shape index (κ1) is 15.7. The summed E-state index contributed by atoms with van der Waals surface area (Å²) in [6.07, 6.45) is 0.881. The van der Waals surface area contributed by atoms with Crippen LogP contribution in [-0.2, 0) is 0 Å². The number of carboxylic acids is 1. The number of hydrogen-bond donors (Lipinski definition) is 1. The van der Waals surface area contributed by atoms with Gasteiger partial charge in [-0.25, -0.2) is 9.69 Å². The molecule has 2 amide bonds. The van der Waals surface area contributed by atoms with Crippen LogP contribution in [-0.4, -0.2) is 29.5 Å². The molecule has 1 heterocycles. The van der Waals surface area contributed by atoms with Crippen molar-refractivity contribution >= 4 is 23.5 Å². The molecule has 0 saturated carbocycles. The van der Waals surface area contributed by atoms with Crippen LogP contribution in [0.2, 0.25) is 0 Å². The quantitative estimate of drug-likeness (QED) is 0.854. The Morgan fingerprint density at radius 1 is 1.04 bits per heavy atom. The molecule has 0 aliphatic carbocycles. The zero-order valence-corrected chi connectivity index (χ0v) is 13.0. The van der Waals surface area contributed by atoms with E-state index in [1.54, 1.807) is 24.3 Å². The largest absolute Gasteiger partial charge is 0.494 e. The number of carbonyl (C=O) groups excluding carboxylic acids is 2. The number of carbonyl (C=O) groups is 3. The summed E-state index contributed by atoms with van der Waals surface area (Å²) in [5.74, 6) is -1.48. The van der Waals surface area contributed by atoms with Gasteiger partial charge in [0.2, 0.25) is 0 Å². The summed E-state index contributed by atoms with van der Waals surface area (Å²) in [7, 11) is 0. The molecule has 2 aromatic carbocycles. The van der Waals surface area contributed by atoms with E-state index < -0.39 is 17.8 Å². The second-order valence-electron chi connectivity index (χ2n) is 5.35. The molecule has 6 heteroatoms. The summed E-state index contributed by atoms with van der Waals surface area (Å²) < 4.78 is 5.48. The third-order valence-corrected chi connectivity index (χ3v) is 3.70. The lowest BCUT2D eigenvalue weighted by molar-refractivity contribution is 0.0696. The number of carboxylic acid groups (broad SMARTS) is 1. The number of amides is 2. The molecule has 0 bridgehead atoms. The molecule has 1 aliphatic heterocycles. The number of nitrogens with zero attached hydrogens (tertiary/aromatic N) is 1. The molecule has 0 saturated heterocycles. The van der Waals surface area contributed by atoms with Crippen molar-refractivity contribution in [3.05, 3.63) is 59.2 Å². The van der Waals surface area contributed by atoms with Crippen LogP contribution in [0, 0.1) is 0 Å². The highest BCUT2D eigenvalue weighted by molar-refractivity contribution is 6.34. The van der Waals surface area contributed by atoms with Gasteiger partial charge in [0, 0.05) is 0 Å². The van der Waals surface area contributed by atoms with Crippen LogP contribution in [0.15, 0.2) is 42.5 Å². The molecule has 1 N–H and O–H groups in total. The van der Waals surface area contributed by atoms with E-state index in [1.807, 2.05) is 6.92 Å². The van der Waals surface area contributed by atoms with E-state index in [4.69, 9.17) is 9.84 Å². The molecule has 0 fully saturated rings. The molecular formula is C18H15NO5. The topological polar surface area (TPSA) is 83.9 Å². The fourth-order valence-corrected chi connectivity index (χ4v) is 2.52. The molecule has 0 spiro atoms. The van der Waals surface area contributed by atoms with Crippen molar-refractivity contribution in [2.75, 3.05) is 11.5 Å². The van der Waals surface area contributed by atoms with Gasteiger partial charge >= 0.3 is 5.97 Å². The van der Waals surface area contributed by atoms with Crippen LogP contribution in [0.5, 0.6) is 5.75 Å². The lowest BCUT2D eigenvalue weighted by atomic mass is 10.1. The minimum atomic E-state index is -1.14. The van der Waals surface area contributed by atoms with E-state index in [1.165, 1.54) is 18.2 Å². The lowest BCUT2D eigenvalue weighted by Crippen LogP contribution is -2.29. The van der Waals surface area contributed by atoms with Crippen molar-refractivity contribution in [1.82, 2.24) is 0 Å². The zero-order valence-electron chi connectivity index (χ0n) is 13.0. The van der Waals surface area contributed by atoms with E-state index in [-0.39, 0.29) is 16.7 Å². The summed E-state index contributed by atoms with van der Waals surface area (Å²) in [6, 6.07) is 10.6. The van der Waals surface area contributed by atoms with Gasteiger partial charge in [-0.3, -0.25) is 9.59 Å². The summed E-state index contributed by atoms with van der Waals surface area (Å²) in [5.41, 5.74) is 0.699. The van der Waals surface area contributed by atoms with Gasteiger partial charge in [0.1, 0.15) is 5.75 Å². The predicted octanol–water partition coefficient (Wildman–Crippen LogP) is 2.97. The maximum Gasteiger partial charge on any atom is 0.335 e. The van der Waals surface area contributed by atoms with Gasteiger partial charge in [-0.05, 0) is 48.9 Å². The van der Waals surface area contributed by atoms with Gasteiger partial charge in [0.25, 0.3) is 11.8 Å². The number of ether oxygens (including phenoxy) is 1. The number of benzene rings is 2. The van der Waals surface area contributed by atoms with Gasteiger partial charge in [-0.1, -0.05) is 6.92 Å². The van der Waals surface area contributed by atoms with Gasteiger partial charge in [0.05, 0.1) is 29.0 Å². The van der Waals surface area contributed by atoms with Crippen LogP contribution in [0.1, 0.15) is 44.4 Å². The highest BCUT2D eigenvalue weighted by Crippen LogP contribution is 2.30. The van der Waals surface area contributed by atoms with E-state index in [0.717, 1.165) is 11.3 Å². The standard InChI is InChI=1S/C18H15NO5/c1-2-9-24-13-6-4-12(5-7-13)19-16(20)14-8-3-11(18(22)23)10-15(14)17(19)21/h3-8,10H,2,9H2,1H3,(H,22,23). The second kappa shape index (κ2) is 6.16. The Labute approximate surface area is 138 Å². The fraction of sp³-hybridized carbons (Fsp3) is 0.167. The first-order chi connectivity index (χ1) is 11.5. The first-order valence-corrected chi connectivity index (χ1v) is 7.52. The Bertz CT molecular complexity index is 826. The van der Waals surface area contributed by atoms with Gasteiger partial charge in [-0.2, -0.15) is 0 Å². The molecule has 0 unspecified atom stereocenters. The van der Waals surface area contributed by atoms with Crippen molar-refractivity contribution < 1.29 is 24.2 Å². The monoisotopic (exact) mass is 325 g/mol. The van der Waals surface area contributed by atoms with E-state index in [0.29, 0.717) is 18.0 Å². The van der Waals surface area contributed by atoms with E-state index in [9.17, 15) is 14.4 Å². The summed E-state index contributed by atoms with van der Waals surface area (Å²) >= 11 is 0. The Morgan fingerprint density at radius 3 is 2.33 bits per heavy atom. The maximum absolute atomic E-state index is 12.5. The molecule has 2 aromatic rings. The molecule has 3 rings (SSSR count). The molecule has 122 valence electrons. The van der Waals surface area contributed by atoms with E-state index in [2.05, 4.69) is 0 Å². The summed E-state index contributed by atoms with van der Waals surface area (Å²) in [5, 5.41) is 9.03. The minimum absolute atomic E-state index is 0.0277. The number of anilines is 1. The average Bonchev–Trinajstić information content (AvgIpc) is 2.84. The number of hydrogen-bond acceptors (Lipinski definition) is 4. The number of fused-ring (bicyclic) bond motifs is 1. The molecular weight excluding hydrogens is 310 g/mol. The minimum Gasteiger partial charge on any atom is -0.494 e. The third kappa shape index (κ3) is 2.62. The van der Waals surface area contributed by atoms with Crippen molar-refractivity contribution in [3.63, 3.8) is 0 Å². The molecule has 0 aromatic heterocycles. The first-order valence-electron chi connectivity index (χ1n) is 7.52. The van der Waals surface area contributed by atoms with Gasteiger partial charge in [-0.15, -0.1) is 0 Å². The average molecular weight is 325 g/mol. The van der Waals surface area contributed by atoms with Crippen molar-refractivity contribution in [2.45, 2.75) is 13.3 Å². The van der Waals surface area contributed by atoms with Crippen LogP contribution >= 0.6 is 0 Å². The van der Waals surface area contributed by atoms with Crippen LogP contribution < -0.4 is 9.64 Å².